The molecule has 0 saturated carbocycles. The van der Waals surface area contributed by atoms with Gasteiger partial charge in [-0.1, -0.05) is 12.1 Å². The lowest BCUT2D eigenvalue weighted by Crippen LogP contribution is -2.26. The molecule has 0 unspecified atom stereocenters. The summed E-state index contributed by atoms with van der Waals surface area (Å²) >= 11 is 0. The molecule has 140 valence electrons. The second-order valence-corrected chi connectivity index (χ2v) is 6.11. The summed E-state index contributed by atoms with van der Waals surface area (Å²) in [6.07, 6.45) is -0.797. The molecule has 2 aromatic carbocycles. The van der Waals surface area contributed by atoms with E-state index in [0.717, 1.165) is 10.9 Å². The Morgan fingerprint density at radius 3 is 2.56 bits per heavy atom. The summed E-state index contributed by atoms with van der Waals surface area (Å²) < 4.78 is 29.1. The van der Waals surface area contributed by atoms with Gasteiger partial charge < -0.3 is 13.9 Å². The predicted molar refractivity (Wildman–Crippen MR) is 99.3 cm³/mol. The number of rotatable bonds is 5. The molecule has 0 N–H and O–H groups in total. The van der Waals surface area contributed by atoms with Crippen LogP contribution in [0.2, 0.25) is 0 Å². The Bertz CT molecular complexity index is 1040. The molecule has 0 aliphatic rings. The number of fused-ring (bicyclic) bond motifs is 1. The maximum atomic E-state index is 13.2. The predicted octanol–water partition coefficient (Wildman–Crippen LogP) is 4.24. The highest BCUT2D eigenvalue weighted by Crippen LogP contribution is 2.33. The van der Waals surface area contributed by atoms with E-state index in [1.807, 2.05) is 6.92 Å². The Balaban J connectivity index is 2.07. The van der Waals surface area contributed by atoms with Gasteiger partial charge in [0.05, 0.1) is 6.61 Å². The molecule has 3 aromatic rings. The average Bonchev–Trinajstić information content (AvgIpc) is 2.61. The number of benzene rings is 2. The summed E-state index contributed by atoms with van der Waals surface area (Å²) in [6, 6.07) is 10.6. The van der Waals surface area contributed by atoms with Crippen LogP contribution >= 0.6 is 0 Å². The smallest absolute Gasteiger partial charge is 0.347 e. The van der Waals surface area contributed by atoms with E-state index >= 15 is 0 Å². The Kier molecular flexibility index (Phi) is 5.26. The second kappa shape index (κ2) is 7.61. The number of carbonyl (C=O) groups excluding carboxylic acids is 1. The van der Waals surface area contributed by atoms with Crippen molar-refractivity contribution in [3.8, 4) is 16.9 Å². The zero-order valence-electron chi connectivity index (χ0n) is 15.2. The van der Waals surface area contributed by atoms with Gasteiger partial charge in [0.15, 0.2) is 6.10 Å². The first-order valence-electron chi connectivity index (χ1n) is 8.56. The van der Waals surface area contributed by atoms with Gasteiger partial charge in [-0.05, 0) is 50.1 Å². The van der Waals surface area contributed by atoms with Crippen LogP contribution in [0.15, 0.2) is 51.7 Å². The minimum atomic E-state index is -0.797. The van der Waals surface area contributed by atoms with E-state index in [4.69, 9.17) is 13.9 Å². The maximum absolute atomic E-state index is 13.2. The number of hydrogen-bond acceptors (Lipinski definition) is 5. The first-order chi connectivity index (χ1) is 12.9. The second-order valence-electron chi connectivity index (χ2n) is 6.11. The monoisotopic (exact) mass is 370 g/mol. The number of halogens is 1. The van der Waals surface area contributed by atoms with Gasteiger partial charge in [-0.2, -0.15) is 0 Å². The van der Waals surface area contributed by atoms with Gasteiger partial charge in [0, 0.05) is 23.1 Å². The van der Waals surface area contributed by atoms with Crippen LogP contribution in [0, 0.1) is 12.7 Å². The van der Waals surface area contributed by atoms with Gasteiger partial charge in [-0.3, -0.25) is 0 Å². The molecule has 0 amide bonds. The van der Waals surface area contributed by atoms with Crippen molar-refractivity contribution in [3.63, 3.8) is 0 Å². The fourth-order valence-electron chi connectivity index (χ4n) is 2.91. The highest BCUT2D eigenvalue weighted by Gasteiger charge is 2.18. The van der Waals surface area contributed by atoms with Crippen molar-refractivity contribution >= 4 is 16.9 Å². The number of ether oxygens (including phenoxy) is 2. The van der Waals surface area contributed by atoms with Crippen LogP contribution in [0.3, 0.4) is 0 Å². The molecule has 0 aliphatic heterocycles. The van der Waals surface area contributed by atoms with Gasteiger partial charge in [0.1, 0.15) is 17.1 Å². The van der Waals surface area contributed by atoms with Gasteiger partial charge in [-0.25, -0.2) is 14.0 Å². The molecular formula is C21H19FO5. The summed E-state index contributed by atoms with van der Waals surface area (Å²) in [7, 11) is 0. The van der Waals surface area contributed by atoms with Crippen molar-refractivity contribution in [3.05, 3.63) is 64.3 Å². The van der Waals surface area contributed by atoms with Crippen LogP contribution in [-0.2, 0) is 9.53 Å². The number of aryl methyl sites for hydroxylation is 1. The quantitative estimate of drug-likeness (QED) is 0.496. The molecule has 3 rings (SSSR count). The number of hydrogen-bond donors (Lipinski definition) is 0. The molecule has 1 heterocycles. The van der Waals surface area contributed by atoms with Crippen molar-refractivity contribution in [1.29, 1.82) is 0 Å². The maximum Gasteiger partial charge on any atom is 0.347 e. The first-order valence-corrected chi connectivity index (χ1v) is 8.56. The molecule has 1 aromatic heterocycles. The Hall–Kier alpha value is -3.15. The molecule has 0 fully saturated rings. The topological polar surface area (TPSA) is 65.7 Å². The fourth-order valence-corrected chi connectivity index (χ4v) is 2.91. The van der Waals surface area contributed by atoms with E-state index in [-0.39, 0.29) is 12.4 Å². The van der Waals surface area contributed by atoms with Crippen molar-refractivity contribution in [1.82, 2.24) is 0 Å². The summed E-state index contributed by atoms with van der Waals surface area (Å²) in [6.45, 7) is 5.41. The lowest BCUT2D eigenvalue weighted by Gasteiger charge is -2.15. The third kappa shape index (κ3) is 4.00. The third-order valence-corrected chi connectivity index (χ3v) is 4.10. The van der Waals surface area contributed by atoms with Crippen LogP contribution in [0.4, 0.5) is 4.39 Å². The van der Waals surface area contributed by atoms with Crippen LogP contribution in [0.1, 0.15) is 19.4 Å². The molecule has 27 heavy (non-hydrogen) atoms. The van der Waals surface area contributed by atoms with E-state index in [1.54, 1.807) is 38.1 Å². The van der Waals surface area contributed by atoms with E-state index in [2.05, 4.69) is 0 Å². The summed E-state index contributed by atoms with van der Waals surface area (Å²) in [4.78, 5) is 23.8. The molecule has 0 spiro atoms. The minimum absolute atomic E-state index is 0.263. The zero-order valence-corrected chi connectivity index (χ0v) is 15.2. The largest absolute Gasteiger partial charge is 0.479 e. The summed E-state index contributed by atoms with van der Waals surface area (Å²) in [5.41, 5.74) is 1.93. The summed E-state index contributed by atoms with van der Waals surface area (Å²) in [5, 5.41) is 0.720. The molecule has 0 radical (unpaired) electrons. The fraction of sp³-hybridized carbons (Fsp3) is 0.238. The van der Waals surface area contributed by atoms with Gasteiger partial charge in [0.25, 0.3) is 0 Å². The molecular weight excluding hydrogens is 351 g/mol. The van der Waals surface area contributed by atoms with E-state index in [1.165, 1.54) is 18.2 Å². The lowest BCUT2D eigenvalue weighted by molar-refractivity contribution is -0.150. The van der Waals surface area contributed by atoms with Crippen molar-refractivity contribution < 1.29 is 23.1 Å². The van der Waals surface area contributed by atoms with Crippen molar-refractivity contribution in [2.24, 2.45) is 0 Å². The Morgan fingerprint density at radius 2 is 1.89 bits per heavy atom. The number of carbonyl (C=O) groups is 1. The third-order valence-electron chi connectivity index (χ3n) is 4.10. The minimum Gasteiger partial charge on any atom is -0.479 e. The van der Waals surface area contributed by atoms with Gasteiger partial charge >= 0.3 is 11.6 Å². The van der Waals surface area contributed by atoms with Crippen LogP contribution in [-0.4, -0.2) is 18.7 Å². The van der Waals surface area contributed by atoms with Crippen molar-refractivity contribution in [2.75, 3.05) is 6.61 Å². The first kappa shape index (κ1) is 18.6. The SMILES string of the molecule is CCOC(=O)[C@@H](C)Oc1cc(C)c2c(-c3ccc(F)cc3)cc(=O)oc2c1. The molecule has 0 bridgehead atoms. The molecule has 5 nitrogen and oxygen atoms in total. The molecule has 1 atom stereocenters. The lowest BCUT2D eigenvalue weighted by atomic mass is 9.98. The molecule has 6 heteroatoms. The highest BCUT2D eigenvalue weighted by molar-refractivity contribution is 5.96. The van der Waals surface area contributed by atoms with Crippen LogP contribution in [0.25, 0.3) is 22.1 Å². The van der Waals surface area contributed by atoms with Crippen LogP contribution in [0.5, 0.6) is 5.75 Å². The normalized spacial score (nSPS) is 12.0. The van der Waals surface area contributed by atoms with Crippen LogP contribution < -0.4 is 10.4 Å². The Labute approximate surface area is 155 Å². The van der Waals surface area contributed by atoms with E-state index in [9.17, 15) is 14.0 Å². The van der Waals surface area contributed by atoms with Crippen molar-refractivity contribution in [2.45, 2.75) is 26.9 Å². The summed E-state index contributed by atoms with van der Waals surface area (Å²) in [5.74, 6) is -0.442. The van der Waals surface area contributed by atoms with E-state index in [0.29, 0.717) is 22.5 Å². The highest BCUT2D eigenvalue weighted by atomic mass is 19.1. The number of esters is 1. The van der Waals surface area contributed by atoms with E-state index < -0.39 is 17.7 Å². The zero-order chi connectivity index (χ0) is 19.6. The average molecular weight is 370 g/mol. The molecule has 0 saturated heterocycles. The Morgan fingerprint density at radius 1 is 1.19 bits per heavy atom. The molecule has 0 aliphatic carbocycles. The van der Waals surface area contributed by atoms with Gasteiger partial charge in [-0.15, -0.1) is 0 Å². The van der Waals surface area contributed by atoms with Gasteiger partial charge in [0.2, 0.25) is 0 Å². The standard InChI is InChI=1S/C21H19FO5/c1-4-25-21(24)13(3)26-16-9-12(2)20-17(11-19(23)27-18(20)10-16)14-5-7-15(22)8-6-14/h5-11,13H,4H2,1-3H3/t13-/m1/s1.